The van der Waals surface area contributed by atoms with E-state index in [2.05, 4.69) is 16.5 Å². The molecule has 0 saturated carbocycles. The van der Waals surface area contributed by atoms with Gasteiger partial charge in [-0.3, -0.25) is 4.90 Å². The average Bonchev–Trinajstić information content (AvgIpc) is 2.67. The van der Waals surface area contributed by atoms with Crippen molar-refractivity contribution in [2.45, 2.75) is 37.8 Å². The zero-order valence-corrected chi connectivity index (χ0v) is 16.4. The molecule has 0 unspecified atom stereocenters. The molecule has 0 bridgehead atoms. The Morgan fingerprint density at radius 1 is 1.04 bits per heavy atom. The van der Waals surface area contributed by atoms with E-state index in [9.17, 15) is 21.6 Å². The molecule has 0 spiro atoms. The third-order valence-corrected chi connectivity index (χ3v) is 6.45. The van der Waals surface area contributed by atoms with Crippen LogP contribution in [0.3, 0.4) is 0 Å². The van der Waals surface area contributed by atoms with Crippen LogP contribution < -0.4 is 4.72 Å². The molecule has 8 heteroatoms. The van der Waals surface area contributed by atoms with Gasteiger partial charge in [0.1, 0.15) is 4.90 Å². The molecule has 1 aliphatic heterocycles. The number of hydrogen-bond acceptors (Lipinski definition) is 3. The van der Waals surface area contributed by atoms with Crippen LogP contribution in [0.2, 0.25) is 0 Å². The molecule has 1 aliphatic rings. The minimum absolute atomic E-state index is 0.0777. The maximum absolute atomic E-state index is 13.8. The van der Waals surface area contributed by atoms with Gasteiger partial charge in [-0.15, -0.1) is 0 Å². The highest BCUT2D eigenvalue weighted by molar-refractivity contribution is 7.89. The maximum Gasteiger partial charge on any atom is 0.243 e. The second-order valence-electron chi connectivity index (χ2n) is 7.28. The van der Waals surface area contributed by atoms with Gasteiger partial charge in [-0.25, -0.2) is 26.3 Å². The number of rotatable bonds is 6. The number of benzene rings is 2. The third-order valence-electron chi connectivity index (χ3n) is 5.03. The first-order chi connectivity index (χ1) is 13.3. The van der Waals surface area contributed by atoms with Gasteiger partial charge >= 0.3 is 0 Å². The summed E-state index contributed by atoms with van der Waals surface area (Å²) in [5.74, 6) is -4.22. The van der Waals surface area contributed by atoms with Crippen molar-refractivity contribution in [2.75, 3.05) is 13.1 Å². The van der Waals surface area contributed by atoms with Gasteiger partial charge in [-0.2, -0.15) is 0 Å². The molecule has 1 heterocycles. The van der Waals surface area contributed by atoms with Gasteiger partial charge in [0.15, 0.2) is 17.5 Å². The van der Waals surface area contributed by atoms with Gasteiger partial charge in [-0.1, -0.05) is 31.2 Å². The molecule has 1 saturated heterocycles. The van der Waals surface area contributed by atoms with Crippen molar-refractivity contribution in [2.24, 2.45) is 5.92 Å². The Morgan fingerprint density at radius 2 is 1.71 bits per heavy atom. The average molecular weight is 412 g/mol. The van der Waals surface area contributed by atoms with Gasteiger partial charge in [-0.05, 0) is 55.1 Å². The highest BCUT2D eigenvalue weighted by Crippen LogP contribution is 2.21. The molecule has 1 N–H and O–H groups in total. The van der Waals surface area contributed by atoms with E-state index in [-0.39, 0.29) is 6.54 Å². The SMILES string of the molecule is CC1CCN(Cc2cccc(CNS(=O)(=O)c3ccc(F)c(F)c3F)c2)CC1. The summed E-state index contributed by atoms with van der Waals surface area (Å²) < 4.78 is 66.9. The van der Waals surface area contributed by atoms with Crippen LogP contribution in [0.1, 0.15) is 30.9 Å². The van der Waals surface area contributed by atoms with E-state index in [1.54, 1.807) is 6.07 Å². The normalized spacial score (nSPS) is 16.4. The van der Waals surface area contributed by atoms with Crippen LogP contribution in [-0.4, -0.2) is 26.4 Å². The number of nitrogens with zero attached hydrogens (tertiary/aromatic N) is 1. The quantitative estimate of drug-likeness (QED) is 0.734. The fraction of sp³-hybridized carbons (Fsp3) is 0.400. The lowest BCUT2D eigenvalue weighted by Gasteiger charge is -2.30. The molecule has 0 aliphatic carbocycles. The number of halogens is 3. The zero-order chi connectivity index (χ0) is 20.3. The van der Waals surface area contributed by atoms with E-state index < -0.39 is 32.4 Å². The Morgan fingerprint density at radius 3 is 2.43 bits per heavy atom. The maximum atomic E-state index is 13.8. The molecule has 152 valence electrons. The summed E-state index contributed by atoms with van der Waals surface area (Å²) in [6.07, 6.45) is 2.33. The van der Waals surface area contributed by atoms with E-state index in [1.165, 1.54) is 12.8 Å². The highest BCUT2D eigenvalue weighted by atomic mass is 32.2. The van der Waals surface area contributed by atoms with Gasteiger partial charge in [0.05, 0.1) is 0 Å². The molecule has 0 radical (unpaired) electrons. The van der Waals surface area contributed by atoms with Crippen LogP contribution in [0.4, 0.5) is 13.2 Å². The fourth-order valence-corrected chi connectivity index (χ4v) is 4.37. The van der Waals surface area contributed by atoms with E-state index in [0.29, 0.717) is 17.7 Å². The molecule has 2 aromatic rings. The second-order valence-corrected chi connectivity index (χ2v) is 9.01. The topological polar surface area (TPSA) is 49.4 Å². The van der Waals surface area contributed by atoms with Gasteiger partial charge in [0, 0.05) is 13.1 Å². The van der Waals surface area contributed by atoms with Crippen LogP contribution >= 0.6 is 0 Å². The largest absolute Gasteiger partial charge is 0.299 e. The van der Waals surface area contributed by atoms with Gasteiger partial charge in [0.2, 0.25) is 10.0 Å². The fourth-order valence-electron chi connectivity index (χ4n) is 3.29. The lowest BCUT2D eigenvalue weighted by molar-refractivity contribution is 0.185. The van der Waals surface area contributed by atoms with E-state index >= 15 is 0 Å². The number of sulfonamides is 1. The highest BCUT2D eigenvalue weighted by Gasteiger charge is 2.24. The van der Waals surface area contributed by atoms with Crippen molar-refractivity contribution in [3.63, 3.8) is 0 Å². The number of nitrogens with one attached hydrogen (secondary N) is 1. The van der Waals surface area contributed by atoms with Crippen molar-refractivity contribution >= 4 is 10.0 Å². The lowest BCUT2D eigenvalue weighted by atomic mass is 9.98. The third kappa shape index (κ3) is 4.92. The van der Waals surface area contributed by atoms with Crippen molar-refractivity contribution in [3.05, 3.63) is 65.0 Å². The second kappa shape index (κ2) is 8.63. The number of piperidine rings is 1. The van der Waals surface area contributed by atoms with Crippen molar-refractivity contribution in [3.8, 4) is 0 Å². The smallest absolute Gasteiger partial charge is 0.243 e. The Hall–Kier alpha value is -1.90. The Kier molecular flexibility index (Phi) is 6.42. The molecular formula is C20H23F3N2O2S. The zero-order valence-electron chi connectivity index (χ0n) is 15.6. The van der Waals surface area contributed by atoms with Crippen LogP contribution in [0.15, 0.2) is 41.3 Å². The summed E-state index contributed by atoms with van der Waals surface area (Å²) in [7, 11) is -4.32. The lowest BCUT2D eigenvalue weighted by Crippen LogP contribution is -2.32. The number of hydrogen-bond donors (Lipinski definition) is 1. The molecule has 3 rings (SSSR count). The number of likely N-dealkylation sites (tertiary alicyclic amines) is 1. The van der Waals surface area contributed by atoms with Crippen molar-refractivity contribution in [1.29, 1.82) is 0 Å². The van der Waals surface area contributed by atoms with E-state index in [4.69, 9.17) is 0 Å². The Balaban J connectivity index is 1.67. The molecule has 2 aromatic carbocycles. The van der Waals surface area contributed by atoms with Crippen molar-refractivity contribution in [1.82, 2.24) is 9.62 Å². The van der Waals surface area contributed by atoms with Crippen molar-refractivity contribution < 1.29 is 21.6 Å². The van der Waals surface area contributed by atoms with Crippen LogP contribution in [0.5, 0.6) is 0 Å². The van der Waals surface area contributed by atoms with Crippen LogP contribution in [0, 0.1) is 23.4 Å². The van der Waals surface area contributed by atoms with E-state index in [1.807, 2.05) is 18.2 Å². The first kappa shape index (κ1) is 20.8. The molecule has 28 heavy (non-hydrogen) atoms. The monoisotopic (exact) mass is 412 g/mol. The predicted octanol–water partition coefficient (Wildman–Crippen LogP) is 3.81. The van der Waals surface area contributed by atoms with E-state index in [0.717, 1.165) is 31.1 Å². The summed E-state index contributed by atoms with van der Waals surface area (Å²) in [5, 5.41) is 0. The molecule has 0 atom stereocenters. The minimum atomic E-state index is -4.32. The molecule has 4 nitrogen and oxygen atoms in total. The first-order valence-electron chi connectivity index (χ1n) is 9.19. The summed E-state index contributed by atoms with van der Waals surface area (Å²) in [5.41, 5.74) is 1.76. The Bertz CT molecular complexity index is 942. The first-order valence-corrected chi connectivity index (χ1v) is 10.7. The summed E-state index contributed by atoms with van der Waals surface area (Å²) >= 11 is 0. The summed E-state index contributed by atoms with van der Waals surface area (Å²) in [6, 6.07) is 8.76. The molecular weight excluding hydrogens is 389 g/mol. The van der Waals surface area contributed by atoms with Gasteiger partial charge < -0.3 is 0 Å². The standard InChI is InChI=1S/C20H23F3N2O2S/c1-14-7-9-25(10-8-14)13-16-4-2-3-15(11-16)12-24-28(26,27)18-6-5-17(21)19(22)20(18)23/h2-6,11,14,24H,7-10,12-13H2,1H3. The van der Waals surface area contributed by atoms with Crippen LogP contribution in [-0.2, 0) is 23.1 Å². The molecule has 0 amide bonds. The van der Waals surface area contributed by atoms with Crippen LogP contribution in [0.25, 0.3) is 0 Å². The predicted molar refractivity (Wildman–Crippen MR) is 100 cm³/mol. The van der Waals surface area contributed by atoms with Gasteiger partial charge in [0.25, 0.3) is 0 Å². The summed E-state index contributed by atoms with van der Waals surface area (Å²) in [6.45, 7) is 5.03. The Labute approximate surface area is 163 Å². The summed E-state index contributed by atoms with van der Waals surface area (Å²) in [4.78, 5) is 1.45. The molecule has 0 aromatic heterocycles. The molecule has 1 fully saturated rings. The minimum Gasteiger partial charge on any atom is -0.299 e.